The molecule has 3 aromatic heterocycles. The van der Waals surface area contributed by atoms with E-state index >= 15 is 0 Å². The van der Waals surface area contributed by atoms with Gasteiger partial charge in [0.1, 0.15) is 19.0 Å². The van der Waals surface area contributed by atoms with Gasteiger partial charge in [0.15, 0.2) is 11.5 Å². The first-order valence-corrected chi connectivity index (χ1v) is 12.7. The van der Waals surface area contributed by atoms with Crippen LogP contribution >= 0.6 is 12.4 Å². The Labute approximate surface area is 221 Å². The van der Waals surface area contributed by atoms with Gasteiger partial charge in [0.2, 0.25) is 5.88 Å². The average Bonchev–Trinajstić information content (AvgIpc) is 2.94. The summed E-state index contributed by atoms with van der Waals surface area (Å²) < 4.78 is 31.4. The van der Waals surface area contributed by atoms with Crippen LogP contribution in [-0.4, -0.2) is 52.0 Å². The van der Waals surface area contributed by atoms with Gasteiger partial charge in [-0.05, 0) is 50.0 Å². The van der Waals surface area contributed by atoms with E-state index in [0.717, 1.165) is 50.0 Å². The molecule has 0 spiro atoms. The SMILES string of the molecule is COc1ccc2ncc(F)c(C[C@H](O)C34CCC(NCc5cc6c(cn5)OCCO6)(CC3)CC4)c2n1.Cl. The van der Waals surface area contributed by atoms with Crippen molar-refractivity contribution in [2.45, 2.75) is 63.1 Å². The standard InChI is InChI=1S/C27H31FN4O4.ClH/c1-34-24-3-2-20-25(32-24)18(19(28)15-30-20)13-23(33)26-4-7-27(8-5-26,9-6-26)31-14-17-12-21-22(16-29-17)36-11-10-35-21;/h2-3,12,15-16,23,31,33H,4-11,13-14H2,1H3;1H/t23-,26?,27?;/m0./s1. The van der Waals surface area contributed by atoms with Crippen molar-refractivity contribution in [1.82, 2.24) is 20.3 Å². The summed E-state index contributed by atoms with van der Waals surface area (Å²) >= 11 is 0. The number of hydrogen-bond acceptors (Lipinski definition) is 8. The van der Waals surface area contributed by atoms with Gasteiger partial charge in [0.05, 0.1) is 42.3 Å². The van der Waals surface area contributed by atoms with Crippen molar-refractivity contribution >= 4 is 23.4 Å². The average molecular weight is 531 g/mol. The minimum absolute atomic E-state index is 0. The van der Waals surface area contributed by atoms with Crippen LogP contribution in [0.15, 0.2) is 30.6 Å². The molecular weight excluding hydrogens is 499 g/mol. The molecule has 3 fully saturated rings. The lowest BCUT2D eigenvalue weighted by atomic mass is 9.54. The normalized spacial score (nSPS) is 24.9. The minimum atomic E-state index is -0.650. The summed E-state index contributed by atoms with van der Waals surface area (Å²) in [4.78, 5) is 13.1. The third-order valence-corrected chi connectivity index (χ3v) is 8.49. The Kier molecular flexibility index (Phi) is 7.13. The number of nitrogens with zero attached hydrogens (tertiary/aromatic N) is 3. The fourth-order valence-corrected chi connectivity index (χ4v) is 6.14. The van der Waals surface area contributed by atoms with Crippen LogP contribution in [0.3, 0.4) is 0 Å². The molecule has 0 saturated heterocycles. The number of rotatable bonds is 7. The van der Waals surface area contributed by atoms with Crippen molar-refractivity contribution in [3.63, 3.8) is 0 Å². The summed E-state index contributed by atoms with van der Waals surface area (Å²) in [7, 11) is 1.53. The number of methoxy groups -OCH3 is 1. The van der Waals surface area contributed by atoms with E-state index < -0.39 is 11.9 Å². The molecule has 2 N–H and O–H groups in total. The molecule has 10 heteroatoms. The summed E-state index contributed by atoms with van der Waals surface area (Å²) in [6.45, 7) is 1.77. The van der Waals surface area contributed by atoms with Gasteiger partial charge < -0.3 is 24.6 Å². The Hall–Kier alpha value is -2.75. The molecule has 1 atom stereocenters. The molecule has 7 rings (SSSR count). The molecule has 198 valence electrons. The monoisotopic (exact) mass is 530 g/mol. The largest absolute Gasteiger partial charge is 0.486 e. The summed E-state index contributed by atoms with van der Waals surface area (Å²) in [6, 6.07) is 5.43. The first-order chi connectivity index (χ1) is 17.5. The highest BCUT2D eigenvalue weighted by atomic mass is 35.5. The third kappa shape index (κ3) is 4.80. The Morgan fingerprint density at radius 1 is 1.05 bits per heavy atom. The number of aliphatic hydroxyl groups is 1. The van der Waals surface area contributed by atoms with Crippen molar-refractivity contribution in [1.29, 1.82) is 0 Å². The van der Waals surface area contributed by atoms with Crippen LogP contribution in [0, 0.1) is 11.2 Å². The van der Waals surface area contributed by atoms with E-state index in [1.165, 1.54) is 13.3 Å². The fourth-order valence-electron chi connectivity index (χ4n) is 6.14. The van der Waals surface area contributed by atoms with E-state index in [9.17, 15) is 9.50 Å². The van der Waals surface area contributed by atoms with Crippen molar-refractivity contribution in [3.05, 3.63) is 47.7 Å². The predicted molar refractivity (Wildman–Crippen MR) is 138 cm³/mol. The van der Waals surface area contributed by atoms with E-state index in [4.69, 9.17) is 14.2 Å². The van der Waals surface area contributed by atoms with Crippen LogP contribution in [0.1, 0.15) is 49.8 Å². The maximum atomic E-state index is 14.9. The molecule has 37 heavy (non-hydrogen) atoms. The van der Waals surface area contributed by atoms with Crippen molar-refractivity contribution in [3.8, 4) is 17.4 Å². The Balaban J connectivity index is 0.00000280. The lowest BCUT2D eigenvalue weighted by molar-refractivity contribution is -0.0702. The number of pyridine rings is 3. The van der Waals surface area contributed by atoms with Crippen molar-refractivity contribution < 1.29 is 23.7 Å². The van der Waals surface area contributed by atoms with E-state index in [0.29, 0.717) is 48.0 Å². The number of hydrogen-bond donors (Lipinski definition) is 2. The molecule has 0 amide bonds. The predicted octanol–water partition coefficient (Wildman–Crippen LogP) is 4.15. The number of fused-ring (bicyclic) bond motifs is 5. The van der Waals surface area contributed by atoms with Crippen LogP contribution in [0.4, 0.5) is 4.39 Å². The minimum Gasteiger partial charge on any atom is -0.486 e. The summed E-state index contributed by atoms with van der Waals surface area (Å²) in [6.07, 6.45) is 8.14. The van der Waals surface area contributed by atoms with Gasteiger partial charge in [-0.2, -0.15) is 0 Å². The summed E-state index contributed by atoms with van der Waals surface area (Å²) in [5.41, 5.74) is 2.23. The molecule has 0 radical (unpaired) electrons. The lowest BCUT2D eigenvalue weighted by Gasteiger charge is -2.55. The summed E-state index contributed by atoms with van der Waals surface area (Å²) in [5, 5.41) is 15.2. The van der Waals surface area contributed by atoms with E-state index in [2.05, 4.69) is 20.3 Å². The molecular formula is C27H32ClFN4O4. The first-order valence-electron chi connectivity index (χ1n) is 12.7. The van der Waals surface area contributed by atoms with Crippen molar-refractivity contribution in [2.24, 2.45) is 5.41 Å². The molecule has 3 saturated carbocycles. The van der Waals surface area contributed by atoms with Crippen LogP contribution in [0.5, 0.6) is 17.4 Å². The van der Waals surface area contributed by atoms with Gasteiger partial charge in [-0.15, -0.1) is 12.4 Å². The van der Waals surface area contributed by atoms with Crippen LogP contribution < -0.4 is 19.5 Å². The molecule has 4 heterocycles. The molecule has 3 aliphatic carbocycles. The Morgan fingerprint density at radius 2 is 1.78 bits per heavy atom. The Bertz CT molecular complexity index is 1270. The highest BCUT2D eigenvalue weighted by molar-refractivity contribution is 5.85. The number of aliphatic hydroxyl groups excluding tert-OH is 1. The second-order valence-electron chi connectivity index (χ2n) is 10.3. The highest BCUT2D eigenvalue weighted by Crippen LogP contribution is 2.54. The smallest absolute Gasteiger partial charge is 0.213 e. The maximum Gasteiger partial charge on any atom is 0.213 e. The van der Waals surface area contributed by atoms with Crippen molar-refractivity contribution in [2.75, 3.05) is 20.3 Å². The van der Waals surface area contributed by atoms with E-state index in [1.54, 1.807) is 18.3 Å². The molecule has 3 aromatic rings. The van der Waals surface area contributed by atoms with Crippen LogP contribution in [0.2, 0.25) is 0 Å². The number of nitrogens with one attached hydrogen (secondary N) is 1. The first kappa shape index (κ1) is 25.9. The van der Waals surface area contributed by atoms with Gasteiger partial charge in [0, 0.05) is 36.2 Å². The quantitative estimate of drug-likeness (QED) is 0.470. The molecule has 0 unspecified atom stereocenters. The number of ether oxygens (including phenoxy) is 3. The molecule has 8 nitrogen and oxygen atoms in total. The van der Waals surface area contributed by atoms with E-state index in [-0.39, 0.29) is 29.8 Å². The second-order valence-corrected chi connectivity index (χ2v) is 10.3. The second kappa shape index (κ2) is 10.2. The van der Waals surface area contributed by atoms with Gasteiger partial charge in [-0.1, -0.05) is 0 Å². The van der Waals surface area contributed by atoms with Gasteiger partial charge in [-0.3, -0.25) is 9.97 Å². The zero-order chi connectivity index (χ0) is 24.8. The van der Waals surface area contributed by atoms with Crippen LogP contribution in [-0.2, 0) is 13.0 Å². The fraction of sp³-hybridized carbons (Fsp3) is 0.519. The lowest BCUT2D eigenvalue weighted by Crippen LogP contribution is -2.57. The Morgan fingerprint density at radius 3 is 2.51 bits per heavy atom. The molecule has 4 aliphatic rings. The summed E-state index contributed by atoms with van der Waals surface area (Å²) in [5.74, 6) is 1.42. The van der Waals surface area contributed by atoms with Gasteiger partial charge in [-0.25, -0.2) is 9.37 Å². The zero-order valence-electron chi connectivity index (χ0n) is 20.8. The molecule has 1 aliphatic heterocycles. The molecule has 2 bridgehead atoms. The number of halogens is 2. The molecule has 0 aromatic carbocycles. The maximum absolute atomic E-state index is 14.9. The van der Waals surface area contributed by atoms with Gasteiger partial charge >= 0.3 is 0 Å². The topological polar surface area (TPSA) is 98.6 Å². The van der Waals surface area contributed by atoms with Crippen LogP contribution in [0.25, 0.3) is 11.0 Å². The highest BCUT2D eigenvalue weighted by Gasteiger charge is 2.51. The van der Waals surface area contributed by atoms with Gasteiger partial charge in [0.25, 0.3) is 0 Å². The zero-order valence-corrected chi connectivity index (χ0v) is 21.7. The number of aromatic nitrogens is 3. The third-order valence-electron chi connectivity index (χ3n) is 8.49. The van der Waals surface area contributed by atoms with E-state index in [1.807, 2.05) is 6.07 Å².